The van der Waals surface area contributed by atoms with Crippen molar-refractivity contribution in [1.82, 2.24) is 9.88 Å². The second-order valence-electron chi connectivity index (χ2n) is 9.90. The molecule has 5 rings (SSSR count). The molecule has 4 aromatic carbocycles. The number of phenolic OH excluding ortho intramolecular Hbond substituents is 2. The summed E-state index contributed by atoms with van der Waals surface area (Å²) in [5.41, 5.74) is 4.35. The van der Waals surface area contributed by atoms with Gasteiger partial charge in [0.05, 0.1) is 0 Å². The summed E-state index contributed by atoms with van der Waals surface area (Å²) in [5, 5.41) is 31.7. The van der Waals surface area contributed by atoms with E-state index in [4.69, 9.17) is 4.74 Å². The second-order valence-corrected chi connectivity index (χ2v) is 9.90. The van der Waals surface area contributed by atoms with Gasteiger partial charge in [0.1, 0.15) is 30.0 Å². The smallest absolute Gasteiger partial charge is 0.128 e. The monoisotopic (exact) mass is 522 g/mol. The molecule has 0 spiro atoms. The molecule has 0 bridgehead atoms. The Bertz CT molecular complexity index is 1400. The van der Waals surface area contributed by atoms with E-state index >= 15 is 0 Å². The van der Waals surface area contributed by atoms with E-state index in [9.17, 15) is 15.3 Å². The summed E-state index contributed by atoms with van der Waals surface area (Å²) in [6, 6.07) is 32.7. The van der Waals surface area contributed by atoms with Crippen molar-refractivity contribution >= 4 is 10.9 Å². The van der Waals surface area contributed by atoms with E-state index in [-0.39, 0.29) is 24.0 Å². The first-order chi connectivity index (χ1) is 19.0. The van der Waals surface area contributed by atoms with E-state index in [1.807, 2.05) is 72.9 Å². The Kier molecular flexibility index (Phi) is 8.46. The zero-order valence-corrected chi connectivity index (χ0v) is 21.8. The molecule has 0 amide bonds. The predicted octanol–water partition coefficient (Wildman–Crippen LogP) is 6.04. The molecule has 1 atom stereocenters. The third-order valence-electron chi connectivity index (χ3n) is 7.03. The molecule has 1 aromatic heterocycles. The Morgan fingerprint density at radius 1 is 0.744 bits per heavy atom. The van der Waals surface area contributed by atoms with Crippen molar-refractivity contribution in [2.75, 3.05) is 19.7 Å². The molecule has 39 heavy (non-hydrogen) atoms. The van der Waals surface area contributed by atoms with E-state index in [1.54, 1.807) is 24.3 Å². The van der Waals surface area contributed by atoms with Crippen molar-refractivity contribution in [1.29, 1.82) is 0 Å². The first-order valence-electron chi connectivity index (χ1n) is 13.3. The molecule has 0 aliphatic rings. The molecule has 0 saturated carbocycles. The summed E-state index contributed by atoms with van der Waals surface area (Å²) in [6.07, 6.45) is 2.00. The quantitative estimate of drug-likeness (QED) is 0.160. The van der Waals surface area contributed by atoms with Gasteiger partial charge in [0.15, 0.2) is 0 Å². The number of benzene rings is 4. The first kappa shape index (κ1) is 26.4. The zero-order valence-electron chi connectivity index (χ0n) is 21.8. The minimum Gasteiger partial charge on any atom is -0.508 e. The van der Waals surface area contributed by atoms with Crippen LogP contribution in [-0.4, -0.2) is 51.0 Å². The van der Waals surface area contributed by atoms with Gasteiger partial charge in [-0.3, -0.25) is 4.90 Å². The molecular formula is C33H34N2O4. The average molecular weight is 523 g/mol. The van der Waals surface area contributed by atoms with Gasteiger partial charge >= 0.3 is 0 Å². The maximum Gasteiger partial charge on any atom is 0.128 e. The maximum absolute atomic E-state index is 11.0. The second kappa shape index (κ2) is 12.5. The van der Waals surface area contributed by atoms with Crippen molar-refractivity contribution in [3.8, 4) is 17.2 Å². The van der Waals surface area contributed by atoms with Crippen LogP contribution in [-0.2, 0) is 6.54 Å². The fourth-order valence-electron chi connectivity index (χ4n) is 5.05. The number of aliphatic hydroxyl groups excluding tert-OH is 1. The molecule has 4 N–H and O–H groups in total. The van der Waals surface area contributed by atoms with Crippen molar-refractivity contribution in [2.24, 2.45) is 0 Å². The van der Waals surface area contributed by atoms with Crippen LogP contribution in [0.1, 0.15) is 29.0 Å². The summed E-state index contributed by atoms with van der Waals surface area (Å²) in [4.78, 5) is 5.45. The number of nitrogens with zero attached hydrogens (tertiary/aromatic N) is 1. The van der Waals surface area contributed by atoms with Gasteiger partial charge in [-0.1, -0.05) is 60.7 Å². The van der Waals surface area contributed by atoms with Crippen molar-refractivity contribution in [2.45, 2.75) is 25.0 Å². The molecular weight excluding hydrogens is 488 g/mol. The van der Waals surface area contributed by atoms with Gasteiger partial charge in [-0.05, 0) is 72.1 Å². The number of aromatic nitrogens is 1. The van der Waals surface area contributed by atoms with Crippen LogP contribution in [0.2, 0.25) is 0 Å². The van der Waals surface area contributed by atoms with Crippen LogP contribution in [0, 0.1) is 0 Å². The van der Waals surface area contributed by atoms with Crippen LogP contribution in [0.3, 0.4) is 0 Å². The summed E-state index contributed by atoms with van der Waals surface area (Å²) in [7, 11) is 0. The SMILES string of the molecule is Oc1ccc(C(CCN(Cc2ccccc2)C[C@H](O)COc2cccc3[nH]ccc23)c2ccc(O)cc2)cc1. The summed E-state index contributed by atoms with van der Waals surface area (Å²) < 4.78 is 6.03. The number of rotatable bonds is 12. The van der Waals surface area contributed by atoms with Gasteiger partial charge in [-0.25, -0.2) is 0 Å². The van der Waals surface area contributed by atoms with Crippen LogP contribution < -0.4 is 4.74 Å². The third-order valence-corrected chi connectivity index (χ3v) is 7.03. The molecule has 0 radical (unpaired) electrons. The number of hydrogen-bond acceptors (Lipinski definition) is 5. The van der Waals surface area contributed by atoms with Crippen LogP contribution in [0.25, 0.3) is 10.9 Å². The van der Waals surface area contributed by atoms with Gasteiger partial charge in [0.2, 0.25) is 0 Å². The van der Waals surface area contributed by atoms with E-state index in [1.165, 1.54) is 5.56 Å². The highest BCUT2D eigenvalue weighted by atomic mass is 16.5. The van der Waals surface area contributed by atoms with E-state index in [0.717, 1.165) is 40.7 Å². The van der Waals surface area contributed by atoms with Gasteiger partial charge in [0, 0.05) is 36.1 Å². The van der Waals surface area contributed by atoms with Crippen molar-refractivity contribution in [3.05, 3.63) is 126 Å². The molecule has 6 nitrogen and oxygen atoms in total. The topological polar surface area (TPSA) is 89.0 Å². The number of hydrogen-bond donors (Lipinski definition) is 4. The minimum absolute atomic E-state index is 0.0593. The molecule has 0 aliphatic heterocycles. The van der Waals surface area contributed by atoms with Gasteiger partial charge in [-0.2, -0.15) is 0 Å². The Hall–Kier alpha value is -4.26. The fraction of sp³-hybridized carbons (Fsp3) is 0.212. The van der Waals surface area contributed by atoms with Gasteiger partial charge in [0.25, 0.3) is 0 Å². The van der Waals surface area contributed by atoms with Crippen LogP contribution in [0.15, 0.2) is 109 Å². The Morgan fingerprint density at radius 2 is 1.41 bits per heavy atom. The molecule has 5 aromatic rings. The number of aromatic amines is 1. The lowest BCUT2D eigenvalue weighted by Gasteiger charge is -2.28. The number of nitrogens with one attached hydrogen (secondary N) is 1. The minimum atomic E-state index is -0.677. The number of aliphatic hydroxyl groups is 1. The molecule has 0 fully saturated rings. The van der Waals surface area contributed by atoms with E-state index < -0.39 is 6.10 Å². The van der Waals surface area contributed by atoms with E-state index in [0.29, 0.717) is 13.1 Å². The summed E-state index contributed by atoms with van der Waals surface area (Å²) in [6.45, 7) is 2.07. The molecule has 200 valence electrons. The Morgan fingerprint density at radius 3 is 2.08 bits per heavy atom. The average Bonchev–Trinajstić information content (AvgIpc) is 3.44. The molecule has 0 aliphatic carbocycles. The lowest BCUT2D eigenvalue weighted by atomic mass is 9.88. The van der Waals surface area contributed by atoms with Crippen LogP contribution in [0.4, 0.5) is 0 Å². The summed E-state index contributed by atoms with van der Waals surface area (Å²) >= 11 is 0. The first-order valence-corrected chi connectivity index (χ1v) is 13.3. The zero-order chi connectivity index (χ0) is 27.0. The molecule has 0 saturated heterocycles. The Labute approximate surface area is 228 Å². The highest BCUT2D eigenvalue weighted by Gasteiger charge is 2.19. The number of H-pyrrole nitrogens is 1. The Balaban J connectivity index is 1.30. The lowest BCUT2D eigenvalue weighted by molar-refractivity contribution is 0.0653. The summed E-state index contributed by atoms with van der Waals surface area (Å²) in [5.74, 6) is 1.27. The van der Waals surface area contributed by atoms with Gasteiger partial charge in [-0.15, -0.1) is 0 Å². The maximum atomic E-state index is 11.0. The van der Waals surface area contributed by atoms with Crippen LogP contribution in [0.5, 0.6) is 17.2 Å². The number of fused-ring (bicyclic) bond motifs is 1. The lowest BCUT2D eigenvalue weighted by Crippen LogP contribution is -2.36. The number of phenols is 2. The fourth-order valence-corrected chi connectivity index (χ4v) is 5.05. The number of aromatic hydroxyl groups is 2. The van der Waals surface area contributed by atoms with Crippen LogP contribution >= 0.6 is 0 Å². The van der Waals surface area contributed by atoms with Crippen molar-refractivity contribution in [3.63, 3.8) is 0 Å². The highest BCUT2D eigenvalue weighted by molar-refractivity contribution is 5.85. The molecule has 1 heterocycles. The number of ether oxygens (including phenoxy) is 1. The largest absolute Gasteiger partial charge is 0.508 e. The third kappa shape index (κ3) is 6.99. The standard InChI is InChI=1S/C33H34N2O4/c36-27-13-9-25(10-14-27)30(26-11-15-28(37)16-12-26)18-20-35(21-24-5-2-1-3-6-24)22-29(38)23-39-33-8-4-7-32-31(33)17-19-34-32/h1-17,19,29-30,34,36-38H,18,20-23H2/t29-/m0/s1. The molecule has 6 heteroatoms. The molecule has 0 unspecified atom stereocenters. The normalized spacial score (nSPS) is 12.3. The van der Waals surface area contributed by atoms with E-state index in [2.05, 4.69) is 22.0 Å². The predicted molar refractivity (Wildman–Crippen MR) is 154 cm³/mol. The highest BCUT2D eigenvalue weighted by Crippen LogP contribution is 2.31. The van der Waals surface area contributed by atoms with Crippen molar-refractivity contribution < 1.29 is 20.1 Å². The van der Waals surface area contributed by atoms with Gasteiger partial charge < -0.3 is 25.0 Å².